The van der Waals surface area contributed by atoms with Crippen LogP contribution in [0.5, 0.6) is 5.75 Å². The minimum absolute atomic E-state index is 0.128. The van der Waals surface area contributed by atoms with Crippen LogP contribution in [0.3, 0.4) is 0 Å². The van der Waals surface area contributed by atoms with Gasteiger partial charge in [-0.15, -0.1) is 0 Å². The topological polar surface area (TPSA) is 62.1 Å². The van der Waals surface area contributed by atoms with Crippen molar-refractivity contribution in [3.8, 4) is 11.8 Å². The highest BCUT2D eigenvalue weighted by Crippen LogP contribution is 2.26. The van der Waals surface area contributed by atoms with Gasteiger partial charge in [0.2, 0.25) is 0 Å². The summed E-state index contributed by atoms with van der Waals surface area (Å²) < 4.78 is 5.78. The SMILES string of the molecule is Cc1ccc(NC(=O)COc2ccccc2/C=C(/C#N)c2ccc3ccccc3c2)cc1. The van der Waals surface area contributed by atoms with E-state index in [0.29, 0.717) is 11.3 Å². The number of fused-ring (bicyclic) bond motifs is 1. The van der Waals surface area contributed by atoms with Crippen LogP contribution in [0.25, 0.3) is 22.4 Å². The van der Waals surface area contributed by atoms with E-state index in [2.05, 4.69) is 11.4 Å². The molecule has 0 atom stereocenters. The number of anilines is 1. The second kappa shape index (κ2) is 9.63. The molecule has 4 nitrogen and oxygen atoms in total. The molecule has 4 heteroatoms. The quantitative estimate of drug-likeness (QED) is 0.298. The number of aryl methyl sites for hydroxylation is 1. The Morgan fingerprint density at radius 1 is 0.938 bits per heavy atom. The van der Waals surface area contributed by atoms with E-state index in [1.807, 2.05) is 91.9 Å². The van der Waals surface area contributed by atoms with Gasteiger partial charge in [-0.3, -0.25) is 4.79 Å². The van der Waals surface area contributed by atoms with Crippen molar-refractivity contribution in [1.82, 2.24) is 0 Å². The lowest BCUT2D eigenvalue weighted by atomic mass is 10.00. The third-order valence-electron chi connectivity index (χ3n) is 5.09. The number of rotatable bonds is 6. The van der Waals surface area contributed by atoms with E-state index in [1.54, 1.807) is 12.1 Å². The molecule has 1 N–H and O–H groups in total. The van der Waals surface area contributed by atoms with Gasteiger partial charge in [0.15, 0.2) is 6.61 Å². The van der Waals surface area contributed by atoms with Crippen LogP contribution in [0, 0.1) is 18.3 Å². The smallest absolute Gasteiger partial charge is 0.262 e. The van der Waals surface area contributed by atoms with Crippen LogP contribution in [-0.2, 0) is 4.79 Å². The van der Waals surface area contributed by atoms with Crippen molar-refractivity contribution in [2.24, 2.45) is 0 Å². The summed E-state index contributed by atoms with van der Waals surface area (Å²) in [6, 6.07) is 31.2. The number of para-hydroxylation sites is 1. The lowest BCUT2D eigenvalue weighted by Gasteiger charge is -2.10. The van der Waals surface area contributed by atoms with E-state index < -0.39 is 0 Å². The number of amides is 1. The molecule has 0 aliphatic carbocycles. The fourth-order valence-electron chi connectivity index (χ4n) is 3.40. The molecule has 0 heterocycles. The summed E-state index contributed by atoms with van der Waals surface area (Å²) in [6.45, 7) is 1.86. The molecule has 0 aliphatic heterocycles. The summed E-state index contributed by atoms with van der Waals surface area (Å²) >= 11 is 0. The normalized spacial score (nSPS) is 11.1. The number of ether oxygens (including phenoxy) is 1. The predicted molar refractivity (Wildman–Crippen MR) is 129 cm³/mol. The number of carbonyl (C=O) groups is 1. The second-order valence-corrected chi connectivity index (χ2v) is 7.47. The molecule has 32 heavy (non-hydrogen) atoms. The van der Waals surface area contributed by atoms with E-state index >= 15 is 0 Å². The maximum atomic E-state index is 12.3. The summed E-state index contributed by atoms with van der Waals surface area (Å²) in [5, 5.41) is 14.8. The molecule has 156 valence electrons. The van der Waals surface area contributed by atoms with Gasteiger partial charge in [0.25, 0.3) is 5.91 Å². The molecule has 0 saturated heterocycles. The Kier molecular flexibility index (Phi) is 6.29. The number of hydrogen-bond donors (Lipinski definition) is 1. The molecule has 0 spiro atoms. The van der Waals surface area contributed by atoms with E-state index in [1.165, 1.54) is 0 Å². The zero-order chi connectivity index (χ0) is 22.3. The minimum atomic E-state index is -0.248. The molecule has 0 radical (unpaired) electrons. The minimum Gasteiger partial charge on any atom is -0.483 e. The van der Waals surface area contributed by atoms with Gasteiger partial charge in [-0.25, -0.2) is 0 Å². The number of hydrogen-bond acceptors (Lipinski definition) is 3. The molecule has 0 aliphatic rings. The first kappa shape index (κ1) is 20.9. The molecule has 0 unspecified atom stereocenters. The monoisotopic (exact) mass is 418 g/mol. The van der Waals surface area contributed by atoms with Gasteiger partial charge in [0.05, 0.1) is 11.6 Å². The number of allylic oxidation sites excluding steroid dienone is 1. The van der Waals surface area contributed by atoms with E-state index in [4.69, 9.17) is 4.74 Å². The summed E-state index contributed by atoms with van der Waals surface area (Å²) in [4.78, 5) is 12.3. The zero-order valence-corrected chi connectivity index (χ0v) is 17.7. The molecule has 1 amide bonds. The molecular weight excluding hydrogens is 396 g/mol. The highest BCUT2D eigenvalue weighted by atomic mass is 16.5. The first-order chi connectivity index (χ1) is 15.6. The van der Waals surface area contributed by atoms with E-state index in [-0.39, 0.29) is 12.5 Å². The highest BCUT2D eigenvalue weighted by Gasteiger charge is 2.09. The number of nitrogens with zero attached hydrogens (tertiary/aromatic N) is 1. The third kappa shape index (κ3) is 5.03. The van der Waals surface area contributed by atoms with Crippen molar-refractivity contribution in [3.05, 3.63) is 108 Å². The van der Waals surface area contributed by atoms with Crippen LogP contribution in [0.15, 0.2) is 91.0 Å². The molecule has 4 aromatic rings. The lowest BCUT2D eigenvalue weighted by molar-refractivity contribution is -0.118. The van der Waals surface area contributed by atoms with Crippen LogP contribution in [0.4, 0.5) is 5.69 Å². The van der Waals surface area contributed by atoms with Gasteiger partial charge in [0.1, 0.15) is 5.75 Å². The van der Waals surface area contributed by atoms with Gasteiger partial charge in [-0.05, 0) is 53.6 Å². The average Bonchev–Trinajstić information content (AvgIpc) is 2.83. The van der Waals surface area contributed by atoms with Crippen LogP contribution < -0.4 is 10.1 Å². The molecule has 4 aromatic carbocycles. The van der Waals surface area contributed by atoms with Crippen molar-refractivity contribution in [2.75, 3.05) is 11.9 Å². The van der Waals surface area contributed by atoms with Crippen LogP contribution in [0.1, 0.15) is 16.7 Å². The standard InChI is InChI=1S/C28H22N2O2/c1-20-10-14-26(15-11-20)30-28(31)19-32-27-9-5-4-8-24(27)17-25(18-29)23-13-12-21-6-2-3-7-22(21)16-23/h2-17H,19H2,1H3,(H,30,31)/b25-17-. The van der Waals surface area contributed by atoms with Gasteiger partial charge >= 0.3 is 0 Å². The van der Waals surface area contributed by atoms with Crippen molar-refractivity contribution in [3.63, 3.8) is 0 Å². The Balaban J connectivity index is 1.52. The predicted octanol–water partition coefficient (Wildman–Crippen LogP) is 6.23. The first-order valence-electron chi connectivity index (χ1n) is 10.3. The van der Waals surface area contributed by atoms with Crippen molar-refractivity contribution in [1.29, 1.82) is 5.26 Å². The fraction of sp³-hybridized carbons (Fsp3) is 0.0714. The first-order valence-corrected chi connectivity index (χ1v) is 10.3. The molecular formula is C28H22N2O2. The van der Waals surface area contributed by atoms with Gasteiger partial charge in [-0.2, -0.15) is 5.26 Å². The average molecular weight is 418 g/mol. The number of nitrogens with one attached hydrogen (secondary N) is 1. The second-order valence-electron chi connectivity index (χ2n) is 7.47. The lowest BCUT2D eigenvalue weighted by Crippen LogP contribution is -2.20. The van der Waals surface area contributed by atoms with Gasteiger partial charge < -0.3 is 10.1 Å². The zero-order valence-electron chi connectivity index (χ0n) is 17.7. The van der Waals surface area contributed by atoms with E-state index in [0.717, 1.165) is 33.2 Å². The molecule has 0 fully saturated rings. The fourth-order valence-corrected chi connectivity index (χ4v) is 3.40. The Labute approximate surface area is 187 Å². The Bertz CT molecular complexity index is 1330. The molecule has 0 saturated carbocycles. The van der Waals surface area contributed by atoms with E-state index in [9.17, 15) is 10.1 Å². The molecule has 0 aromatic heterocycles. The number of benzene rings is 4. The highest BCUT2D eigenvalue weighted by molar-refractivity contribution is 5.95. The summed E-state index contributed by atoms with van der Waals surface area (Å²) in [6.07, 6.45) is 1.79. The van der Waals surface area contributed by atoms with Crippen molar-refractivity contribution < 1.29 is 9.53 Å². The Morgan fingerprint density at radius 3 is 2.44 bits per heavy atom. The number of nitriles is 1. The molecule has 4 rings (SSSR count). The van der Waals surface area contributed by atoms with Crippen molar-refractivity contribution >= 4 is 34.0 Å². The summed E-state index contributed by atoms with van der Waals surface area (Å²) in [5.41, 5.74) is 3.94. The van der Waals surface area contributed by atoms with Crippen LogP contribution in [-0.4, -0.2) is 12.5 Å². The largest absolute Gasteiger partial charge is 0.483 e. The third-order valence-corrected chi connectivity index (χ3v) is 5.09. The summed E-state index contributed by atoms with van der Waals surface area (Å²) in [5.74, 6) is 0.294. The Hall–Kier alpha value is -4.36. The van der Waals surface area contributed by atoms with Gasteiger partial charge in [-0.1, -0.05) is 72.3 Å². The maximum Gasteiger partial charge on any atom is 0.262 e. The van der Waals surface area contributed by atoms with Crippen LogP contribution >= 0.6 is 0 Å². The Morgan fingerprint density at radius 2 is 1.66 bits per heavy atom. The van der Waals surface area contributed by atoms with Gasteiger partial charge in [0, 0.05) is 11.3 Å². The number of carbonyl (C=O) groups excluding carboxylic acids is 1. The maximum absolute atomic E-state index is 12.3. The molecule has 0 bridgehead atoms. The van der Waals surface area contributed by atoms with Crippen LogP contribution in [0.2, 0.25) is 0 Å². The summed E-state index contributed by atoms with van der Waals surface area (Å²) in [7, 11) is 0. The van der Waals surface area contributed by atoms with Crippen molar-refractivity contribution in [2.45, 2.75) is 6.92 Å².